The number of thiocyanates is 3. The van der Waals surface area contributed by atoms with Crippen LogP contribution in [0.5, 0.6) is 0 Å². The molecule has 0 aromatic heterocycles. The minimum Gasteiger partial charge on any atom is -0.258 e. The van der Waals surface area contributed by atoms with Crippen molar-refractivity contribution in [1.82, 2.24) is 0 Å². The van der Waals surface area contributed by atoms with Crippen LogP contribution in [0.25, 0.3) is 0 Å². The van der Waals surface area contributed by atoms with Crippen LogP contribution in [0.1, 0.15) is 5.56 Å². The molecule has 22 heavy (non-hydrogen) atoms. The molecule has 0 bridgehead atoms. The maximum Gasteiger partial charge on any atom is 0.269 e. The highest BCUT2D eigenvalue weighted by molar-refractivity contribution is 8.05. The summed E-state index contributed by atoms with van der Waals surface area (Å²) < 4.78 is 0. The van der Waals surface area contributed by atoms with E-state index in [1.807, 2.05) is 16.2 Å². The molecule has 0 saturated heterocycles. The molecule has 0 unspecified atom stereocenters. The van der Waals surface area contributed by atoms with Crippen molar-refractivity contribution in [1.29, 1.82) is 15.8 Å². The number of nitro benzene ring substituents is 1. The predicted octanol–water partition coefficient (Wildman–Crippen LogP) is 3.48. The number of hydrogen-bond acceptors (Lipinski definition) is 8. The van der Waals surface area contributed by atoms with E-state index in [0.717, 1.165) is 40.8 Å². The van der Waals surface area contributed by atoms with Gasteiger partial charge in [-0.3, -0.25) is 10.1 Å². The molecule has 9 heteroatoms. The fourth-order valence-corrected chi connectivity index (χ4v) is 4.35. The topological polar surface area (TPSA) is 115 Å². The Balaban J connectivity index is 3.19. The van der Waals surface area contributed by atoms with Crippen molar-refractivity contribution in [3.05, 3.63) is 39.9 Å². The second-order valence-electron chi connectivity index (χ2n) is 4.22. The molecule has 0 aliphatic rings. The molecular formula is C13H10N4O2S3. The van der Waals surface area contributed by atoms with Crippen LogP contribution in [0.3, 0.4) is 0 Å². The van der Waals surface area contributed by atoms with Gasteiger partial charge in [-0.05, 0) is 40.8 Å². The SMILES string of the molecule is N#CSCC(CSC#N)(CSC#N)c1ccc([N+](=O)[O-])cc1. The predicted molar refractivity (Wildman–Crippen MR) is 89.0 cm³/mol. The van der Waals surface area contributed by atoms with E-state index in [2.05, 4.69) is 0 Å². The van der Waals surface area contributed by atoms with Gasteiger partial charge in [0.05, 0.1) is 4.92 Å². The zero-order chi connectivity index (χ0) is 16.4. The molecular weight excluding hydrogens is 340 g/mol. The van der Waals surface area contributed by atoms with E-state index in [-0.39, 0.29) is 5.69 Å². The Hall–Kier alpha value is -1.86. The van der Waals surface area contributed by atoms with E-state index >= 15 is 0 Å². The quantitative estimate of drug-likeness (QED) is 0.397. The number of nitro groups is 1. The minimum atomic E-state index is -0.573. The van der Waals surface area contributed by atoms with E-state index in [0.29, 0.717) is 17.3 Å². The van der Waals surface area contributed by atoms with Gasteiger partial charge in [-0.15, -0.1) is 0 Å². The summed E-state index contributed by atoms with van der Waals surface area (Å²) in [5.41, 5.74) is 0.189. The highest BCUT2D eigenvalue weighted by Gasteiger charge is 2.33. The lowest BCUT2D eigenvalue weighted by Gasteiger charge is -2.31. The third-order valence-electron chi connectivity index (χ3n) is 2.93. The maximum atomic E-state index is 10.7. The zero-order valence-electron chi connectivity index (χ0n) is 11.3. The van der Waals surface area contributed by atoms with Crippen molar-refractivity contribution in [2.24, 2.45) is 0 Å². The number of thioether (sulfide) groups is 3. The number of rotatable bonds is 8. The van der Waals surface area contributed by atoms with Crippen LogP contribution in [0.4, 0.5) is 5.69 Å². The Morgan fingerprint density at radius 1 is 0.955 bits per heavy atom. The summed E-state index contributed by atoms with van der Waals surface area (Å²) in [7, 11) is 0. The molecule has 1 rings (SSSR count). The zero-order valence-corrected chi connectivity index (χ0v) is 13.7. The monoisotopic (exact) mass is 350 g/mol. The van der Waals surface area contributed by atoms with E-state index in [1.54, 1.807) is 12.1 Å². The first kappa shape index (κ1) is 18.2. The molecule has 0 N–H and O–H groups in total. The number of nitrogens with zero attached hydrogens (tertiary/aromatic N) is 4. The van der Waals surface area contributed by atoms with E-state index in [1.165, 1.54) is 12.1 Å². The molecule has 0 amide bonds. The molecule has 0 aliphatic heterocycles. The lowest BCUT2D eigenvalue weighted by Crippen LogP contribution is -2.35. The Labute approximate surface area is 140 Å². The van der Waals surface area contributed by atoms with Gasteiger partial charge in [0.25, 0.3) is 5.69 Å². The smallest absolute Gasteiger partial charge is 0.258 e. The van der Waals surface area contributed by atoms with Gasteiger partial charge in [0.1, 0.15) is 16.2 Å². The molecule has 1 aromatic carbocycles. The summed E-state index contributed by atoms with van der Waals surface area (Å²) in [6, 6.07) is 6.06. The van der Waals surface area contributed by atoms with Crippen molar-refractivity contribution in [2.45, 2.75) is 5.41 Å². The Morgan fingerprint density at radius 3 is 1.68 bits per heavy atom. The third-order valence-corrected chi connectivity index (χ3v) is 5.41. The molecule has 0 atom stereocenters. The summed E-state index contributed by atoms with van der Waals surface area (Å²) >= 11 is 3.14. The van der Waals surface area contributed by atoms with Gasteiger partial charge in [-0.1, -0.05) is 12.1 Å². The molecule has 0 heterocycles. The molecule has 0 spiro atoms. The van der Waals surface area contributed by atoms with Gasteiger partial charge in [0, 0.05) is 34.8 Å². The molecule has 112 valence electrons. The lowest BCUT2D eigenvalue weighted by atomic mass is 9.86. The average molecular weight is 350 g/mol. The van der Waals surface area contributed by atoms with Gasteiger partial charge in [0.2, 0.25) is 0 Å². The maximum absolute atomic E-state index is 10.7. The highest BCUT2D eigenvalue weighted by atomic mass is 32.2. The second-order valence-corrected chi connectivity index (χ2v) is 6.50. The van der Waals surface area contributed by atoms with Crippen LogP contribution in [0.15, 0.2) is 24.3 Å². The minimum absolute atomic E-state index is 0.0218. The van der Waals surface area contributed by atoms with Gasteiger partial charge in [-0.25, -0.2) is 0 Å². The number of non-ortho nitro benzene ring substituents is 1. The Bertz CT molecular complexity index is 598. The van der Waals surface area contributed by atoms with Crippen molar-refractivity contribution in [3.63, 3.8) is 0 Å². The van der Waals surface area contributed by atoms with Crippen molar-refractivity contribution >= 4 is 41.0 Å². The first-order chi connectivity index (χ1) is 10.6. The third kappa shape index (κ3) is 4.85. The van der Waals surface area contributed by atoms with Gasteiger partial charge in [0.15, 0.2) is 0 Å². The van der Waals surface area contributed by atoms with Crippen LogP contribution >= 0.6 is 35.3 Å². The van der Waals surface area contributed by atoms with Crippen molar-refractivity contribution < 1.29 is 4.92 Å². The number of hydrogen-bond donors (Lipinski definition) is 0. The molecule has 1 aromatic rings. The fraction of sp³-hybridized carbons (Fsp3) is 0.308. The van der Waals surface area contributed by atoms with Crippen LogP contribution in [0.2, 0.25) is 0 Å². The van der Waals surface area contributed by atoms with Gasteiger partial charge >= 0.3 is 0 Å². The van der Waals surface area contributed by atoms with Gasteiger partial charge in [-0.2, -0.15) is 15.8 Å². The van der Waals surface area contributed by atoms with Crippen LogP contribution in [-0.2, 0) is 5.41 Å². The number of nitriles is 3. The molecule has 0 saturated carbocycles. The van der Waals surface area contributed by atoms with Crippen LogP contribution in [-0.4, -0.2) is 22.2 Å². The summed E-state index contributed by atoms with van der Waals surface area (Å²) in [6.07, 6.45) is 0. The largest absolute Gasteiger partial charge is 0.269 e. The number of benzene rings is 1. The second kappa shape index (κ2) is 9.22. The Morgan fingerprint density at radius 2 is 1.36 bits per heavy atom. The van der Waals surface area contributed by atoms with Gasteiger partial charge < -0.3 is 0 Å². The first-order valence-corrected chi connectivity index (χ1v) is 8.83. The highest BCUT2D eigenvalue weighted by Crippen LogP contribution is 2.35. The molecule has 0 fully saturated rings. The summed E-state index contributed by atoms with van der Waals surface area (Å²) in [5, 5.41) is 43.2. The average Bonchev–Trinajstić information content (AvgIpc) is 2.54. The van der Waals surface area contributed by atoms with E-state index in [9.17, 15) is 10.1 Å². The normalized spacial score (nSPS) is 10.2. The standard InChI is InChI=1S/C13H10N4O2S3/c14-8-20-5-13(6-21-9-15,7-22-10-16)11-1-3-12(4-2-11)17(18)19/h1-4H,5-7H2. The first-order valence-electron chi connectivity index (χ1n) is 5.87. The lowest BCUT2D eigenvalue weighted by molar-refractivity contribution is -0.384. The molecule has 0 radical (unpaired) electrons. The van der Waals surface area contributed by atoms with Crippen LogP contribution in [0, 0.1) is 42.1 Å². The van der Waals surface area contributed by atoms with E-state index < -0.39 is 10.3 Å². The van der Waals surface area contributed by atoms with E-state index in [4.69, 9.17) is 15.8 Å². The molecule has 6 nitrogen and oxygen atoms in total. The fourth-order valence-electron chi connectivity index (χ4n) is 1.82. The van der Waals surface area contributed by atoms with Crippen molar-refractivity contribution in [2.75, 3.05) is 17.3 Å². The summed E-state index contributed by atoms with van der Waals surface area (Å²) in [5.74, 6) is 1.22. The summed E-state index contributed by atoms with van der Waals surface area (Å²) in [6.45, 7) is 0. The molecule has 0 aliphatic carbocycles. The Kier molecular flexibility index (Phi) is 7.62. The summed E-state index contributed by atoms with van der Waals surface area (Å²) in [4.78, 5) is 10.3. The van der Waals surface area contributed by atoms with Crippen LogP contribution < -0.4 is 0 Å². The van der Waals surface area contributed by atoms with Crippen molar-refractivity contribution in [3.8, 4) is 16.2 Å².